The van der Waals surface area contributed by atoms with Crippen molar-refractivity contribution in [1.82, 2.24) is 15.2 Å². The number of nitrogens with zero attached hydrogens (tertiary/aromatic N) is 2. The Labute approximate surface area is 190 Å². The van der Waals surface area contributed by atoms with E-state index < -0.39 is 17.5 Å². The van der Waals surface area contributed by atoms with Crippen LogP contribution in [0, 0.1) is 0 Å². The normalized spacial score (nSPS) is 15.2. The summed E-state index contributed by atoms with van der Waals surface area (Å²) in [5.41, 5.74) is 0.851. The fourth-order valence-electron chi connectivity index (χ4n) is 4.34. The Balaban J connectivity index is 1.47. The first-order chi connectivity index (χ1) is 15.5. The van der Waals surface area contributed by atoms with Gasteiger partial charge in [-0.25, -0.2) is 9.78 Å². The number of amides is 4. The number of benzene rings is 2. The van der Waals surface area contributed by atoms with Crippen LogP contribution in [-0.2, 0) is 9.59 Å². The summed E-state index contributed by atoms with van der Waals surface area (Å²) in [6.45, 7) is 3.62. The lowest BCUT2D eigenvalue weighted by atomic mass is 9.88. The van der Waals surface area contributed by atoms with Gasteiger partial charge in [-0.1, -0.05) is 69.2 Å². The smallest absolute Gasteiger partial charge is 0.323 e. The van der Waals surface area contributed by atoms with Crippen LogP contribution in [0.2, 0.25) is 0 Å². The molecule has 0 radical (unpaired) electrons. The maximum Gasteiger partial charge on any atom is 0.325 e. The number of carbonyl (C=O) groups excluding carboxylic acids is 3. The summed E-state index contributed by atoms with van der Waals surface area (Å²) in [7, 11) is 0. The van der Waals surface area contributed by atoms with E-state index in [9.17, 15) is 14.4 Å². The average molecular weight is 451 g/mol. The lowest BCUT2D eigenvalue weighted by Crippen LogP contribution is -2.47. The number of aromatic nitrogens is 1. The number of hydrogen-bond donors (Lipinski definition) is 2. The van der Waals surface area contributed by atoms with Crippen molar-refractivity contribution in [3.8, 4) is 11.3 Å². The molecule has 1 aromatic heterocycles. The molecule has 2 heterocycles. The molecule has 1 aliphatic rings. The van der Waals surface area contributed by atoms with Crippen LogP contribution in [0.1, 0.15) is 39.5 Å². The van der Waals surface area contributed by atoms with Crippen molar-refractivity contribution in [2.24, 2.45) is 0 Å². The number of fused-ring (bicyclic) bond motifs is 1. The molecule has 4 amide bonds. The van der Waals surface area contributed by atoms with Gasteiger partial charge in [0.15, 0.2) is 5.13 Å². The van der Waals surface area contributed by atoms with Gasteiger partial charge in [0.25, 0.3) is 5.91 Å². The molecule has 8 heteroatoms. The molecule has 2 aromatic carbocycles. The number of rotatable bonds is 8. The van der Waals surface area contributed by atoms with Gasteiger partial charge in [-0.2, -0.15) is 0 Å². The van der Waals surface area contributed by atoms with Crippen LogP contribution in [0.3, 0.4) is 0 Å². The van der Waals surface area contributed by atoms with Crippen LogP contribution in [-0.4, -0.2) is 39.8 Å². The van der Waals surface area contributed by atoms with E-state index in [4.69, 9.17) is 0 Å². The van der Waals surface area contributed by atoms with Crippen LogP contribution in [0.4, 0.5) is 9.93 Å². The maximum atomic E-state index is 13.0. The molecule has 166 valence electrons. The molecule has 0 atom stereocenters. The highest BCUT2D eigenvalue weighted by Crippen LogP contribution is 2.31. The second kappa shape index (κ2) is 9.08. The minimum absolute atomic E-state index is 0.322. The lowest BCUT2D eigenvalue weighted by molar-refractivity contribution is -0.134. The minimum atomic E-state index is -0.899. The number of imide groups is 1. The van der Waals surface area contributed by atoms with Crippen molar-refractivity contribution in [2.75, 3.05) is 11.9 Å². The number of hydrogen-bond acceptors (Lipinski definition) is 5. The third-order valence-corrected chi connectivity index (χ3v) is 6.48. The number of carbonyl (C=O) groups is 3. The Hall–Kier alpha value is -3.26. The van der Waals surface area contributed by atoms with Gasteiger partial charge in [-0.3, -0.25) is 14.5 Å². The zero-order valence-corrected chi connectivity index (χ0v) is 19.0. The first-order valence-electron chi connectivity index (χ1n) is 10.8. The van der Waals surface area contributed by atoms with Gasteiger partial charge in [0, 0.05) is 10.9 Å². The Morgan fingerprint density at radius 3 is 2.56 bits per heavy atom. The second-order valence-corrected chi connectivity index (χ2v) is 8.87. The molecule has 7 nitrogen and oxygen atoms in total. The Morgan fingerprint density at radius 1 is 1.09 bits per heavy atom. The van der Waals surface area contributed by atoms with Crippen molar-refractivity contribution < 1.29 is 14.4 Å². The number of urea groups is 1. The van der Waals surface area contributed by atoms with Gasteiger partial charge in [-0.15, -0.1) is 11.3 Å². The number of anilines is 1. The molecule has 1 aliphatic heterocycles. The molecule has 0 bridgehead atoms. The summed E-state index contributed by atoms with van der Waals surface area (Å²) in [6, 6.07) is 13.6. The summed E-state index contributed by atoms with van der Waals surface area (Å²) in [4.78, 5) is 43.6. The number of nitrogens with one attached hydrogen (secondary N) is 2. The van der Waals surface area contributed by atoms with E-state index in [0.29, 0.717) is 18.0 Å². The van der Waals surface area contributed by atoms with E-state index >= 15 is 0 Å². The van der Waals surface area contributed by atoms with Gasteiger partial charge in [0.2, 0.25) is 5.91 Å². The Kier molecular flexibility index (Phi) is 6.23. The van der Waals surface area contributed by atoms with Crippen LogP contribution >= 0.6 is 11.3 Å². The molecule has 1 fully saturated rings. The fourth-order valence-corrected chi connectivity index (χ4v) is 5.07. The van der Waals surface area contributed by atoms with E-state index in [1.807, 2.05) is 61.7 Å². The largest absolute Gasteiger partial charge is 0.325 e. The highest BCUT2D eigenvalue weighted by molar-refractivity contribution is 7.14. The summed E-state index contributed by atoms with van der Waals surface area (Å²) < 4.78 is 0. The van der Waals surface area contributed by atoms with Crippen molar-refractivity contribution in [3.05, 3.63) is 47.8 Å². The predicted molar refractivity (Wildman–Crippen MR) is 126 cm³/mol. The highest BCUT2D eigenvalue weighted by atomic mass is 32.1. The Bertz CT molecular complexity index is 1160. The summed E-state index contributed by atoms with van der Waals surface area (Å²) in [5.74, 6) is -0.770. The van der Waals surface area contributed by atoms with E-state index in [1.165, 1.54) is 11.3 Å². The lowest BCUT2D eigenvalue weighted by Gasteiger charge is -2.25. The van der Waals surface area contributed by atoms with Crippen molar-refractivity contribution in [1.29, 1.82) is 0 Å². The third kappa shape index (κ3) is 4.10. The molecule has 1 saturated heterocycles. The fraction of sp³-hybridized carbons (Fsp3) is 0.333. The maximum absolute atomic E-state index is 13.0. The third-order valence-electron chi connectivity index (χ3n) is 5.72. The molecular formula is C24H26N4O3S. The zero-order valence-electron chi connectivity index (χ0n) is 18.2. The number of thiazole rings is 1. The molecule has 0 saturated carbocycles. The molecule has 3 aromatic rings. The first-order valence-corrected chi connectivity index (χ1v) is 11.7. The van der Waals surface area contributed by atoms with Gasteiger partial charge in [0.05, 0.1) is 5.69 Å². The van der Waals surface area contributed by atoms with Gasteiger partial charge in [0.1, 0.15) is 12.1 Å². The highest BCUT2D eigenvalue weighted by Gasteiger charge is 2.50. The summed E-state index contributed by atoms with van der Waals surface area (Å²) in [5, 5.41) is 10.1. The zero-order chi connectivity index (χ0) is 22.7. The van der Waals surface area contributed by atoms with E-state index in [2.05, 4.69) is 15.6 Å². The van der Waals surface area contributed by atoms with Crippen LogP contribution in [0.25, 0.3) is 22.0 Å². The molecule has 2 N–H and O–H groups in total. The topological polar surface area (TPSA) is 91.4 Å². The molecular weight excluding hydrogens is 424 g/mol. The average Bonchev–Trinajstić information content (AvgIpc) is 3.32. The summed E-state index contributed by atoms with van der Waals surface area (Å²) in [6.07, 6.45) is 2.65. The molecule has 0 unspecified atom stereocenters. The summed E-state index contributed by atoms with van der Waals surface area (Å²) >= 11 is 1.31. The van der Waals surface area contributed by atoms with Crippen LogP contribution in [0.5, 0.6) is 0 Å². The predicted octanol–water partition coefficient (Wildman–Crippen LogP) is 4.79. The monoisotopic (exact) mass is 450 g/mol. The van der Waals surface area contributed by atoms with Gasteiger partial charge in [-0.05, 0) is 23.6 Å². The van der Waals surface area contributed by atoms with Crippen molar-refractivity contribution in [2.45, 2.75) is 45.1 Å². The van der Waals surface area contributed by atoms with E-state index in [-0.39, 0.29) is 12.5 Å². The minimum Gasteiger partial charge on any atom is -0.323 e. The quantitative estimate of drug-likeness (QED) is 0.483. The standard InChI is InChI=1S/C24H26N4O3S/c1-3-12-24(13-4-2)21(30)28(23(31)27-24)14-20(29)26-22-25-19(15-32-22)18-11-7-9-16-8-5-6-10-17(16)18/h5-11,15H,3-4,12-14H2,1-2H3,(H,27,31)(H,25,26,29). The van der Waals surface area contributed by atoms with Gasteiger partial charge < -0.3 is 10.6 Å². The van der Waals surface area contributed by atoms with Crippen molar-refractivity contribution >= 4 is 45.1 Å². The SMILES string of the molecule is CCCC1(CCC)NC(=O)N(CC(=O)Nc2nc(-c3cccc4ccccc34)cs2)C1=O. The second-order valence-electron chi connectivity index (χ2n) is 8.02. The van der Waals surface area contributed by atoms with E-state index in [1.54, 1.807) is 0 Å². The van der Waals surface area contributed by atoms with E-state index in [0.717, 1.165) is 39.8 Å². The molecule has 0 spiro atoms. The molecule has 0 aliphatic carbocycles. The molecule has 32 heavy (non-hydrogen) atoms. The van der Waals surface area contributed by atoms with Crippen LogP contribution in [0.15, 0.2) is 47.8 Å². The Morgan fingerprint density at radius 2 is 1.81 bits per heavy atom. The van der Waals surface area contributed by atoms with Crippen LogP contribution < -0.4 is 10.6 Å². The van der Waals surface area contributed by atoms with Gasteiger partial charge >= 0.3 is 6.03 Å². The molecule has 4 rings (SSSR count). The van der Waals surface area contributed by atoms with Crippen molar-refractivity contribution in [3.63, 3.8) is 0 Å². The first kappa shape index (κ1) is 22.0.